The highest BCUT2D eigenvalue weighted by Crippen LogP contribution is 2.21. The lowest BCUT2D eigenvalue weighted by Gasteiger charge is -2.32. The zero-order valence-electron chi connectivity index (χ0n) is 14.9. The fourth-order valence-corrected chi connectivity index (χ4v) is 3.19. The first-order valence-electron chi connectivity index (χ1n) is 8.91. The van der Waals surface area contributed by atoms with E-state index in [1.54, 1.807) is 0 Å². The molecule has 2 aromatic carbocycles. The Labute approximate surface area is 157 Å². The summed E-state index contributed by atoms with van der Waals surface area (Å²) in [6, 6.07) is 18.8. The lowest BCUT2D eigenvalue weighted by atomic mass is 10.0. The lowest BCUT2D eigenvalue weighted by Crippen LogP contribution is -2.37. The van der Waals surface area contributed by atoms with Crippen LogP contribution < -0.4 is 9.47 Å². The number of piperidine rings is 1. The van der Waals surface area contributed by atoms with Gasteiger partial charge in [0.15, 0.2) is 0 Å². The molecule has 1 aliphatic rings. The third-order valence-electron chi connectivity index (χ3n) is 4.71. The fourth-order valence-electron chi connectivity index (χ4n) is 3.19. The molecule has 0 amide bonds. The van der Waals surface area contributed by atoms with Crippen LogP contribution in [0.5, 0.6) is 11.5 Å². The predicted octanol–water partition coefficient (Wildman–Crippen LogP) is 4.94. The molecule has 0 aliphatic carbocycles. The van der Waals surface area contributed by atoms with Gasteiger partial charge in [0.05, 0.1) is 6.61 Å². The van der Waals surface area contributed by atoms with Gasteiger partial charge in [-0.3, -0.25) is 0 Å². The van der Waals surface area contributed by atoms with Crippen LogP contribution in [0.25, 0.3) is 0 Å². The number of nitrogens with zero attached hydrogens (tertiary/aromatic N) is 1. The fraction of sp³-hybridized carbons (Fsp3) is 0.429. The molecule has 25 heavy (non-hydrogen) atoms. The maximum Gasteiger partial charge on any atom is 0.120 e. The van der Waals surface area contributed by atoms with Crippen molar-refractivity contribution in [2.45, 2.75) is 38.3 Å². The summed E-state index contributed by atoms with van der Waals surface area (Å²) in [5.74, 6) is 1.79. The van der Waals surface area contributed by atoms with Gasteiger partial charge in [-0.05, 0) is 62.7 Å². The Balaban J connectivity index is 0.00000225. The van der Waals surface area contributed by atoms with Crippen molar-refractivity contribution in [3.63, 3.8) is 0 Å². The van der Waals surface area contributed by atoms with Gasteiger partial charge >= 0.3 is 0 Å². The SMILES string of the molecule is CN1CCCCC1CCOc1ccc(OCc2ccccc2)cc1.Cl. The van der Waals surface area contributed by atoms with Crippen LogP contribution in [0.2, 0.25) is 0 Å². The van der Waals surface area contributed by atoms with Gasteiger partial charge in [-0.1, -0.05) is 36.8 Å². The van der Waals surface area contributed by atoms with Gasteiger partial charge in [-0.15, -0.1) is 12.4 Å². The van der Waals surface area contributed by atoms with Crippen molar-refractivity contribution >= 4 is 12.4 Å². The molecule has 2 aromatic rings. The van der Waals surface area contributed by atoms with Crippen LogP contribution in [0.4, 0.5) is 0 Å². The van der Waals surface area contributed by atoms with Crippen LogP contribution in [0, 0.1) is 0 Å². The van der Waals surface area contributed by atoms with Gasteiger partial charge in [-0.25, -0.2) is 0 Å². The van der Waals surface area contributed by atoms with Crippen molar-refractivity contribution in [1.29, 1.82) is 0 Å². The number of rotatable bonds is 7. The molecule has 0 N–H and O–H groups in total. The molecule has 4 heteroatoms. The molecule has 3 rings (SSSR count). The maximum absolute atomic E-state index is 5.89. The zero-order chi connectivity index (χ0) is 16.6. The molecule has 1 fully saturated rings. The summed E-state index contributed by atoms with van der Waals surface area (Å²) in [6.45, 7) is 2.59. The van der Waals surface area contributed by atoms with Crippen molar-refractivity contribution in [3.8, 4) is 11.5 Å². The van der Waals surface area contributed by atoms with E-state index in [1.165, 1.54) is 31.4 Å². The number of likely N-dealkylation sites (tertiary alicyclic amines) is 1. The Kier molecular flexibility index (Phi) is 8.10. The second-order valence-electron chi connectivity index (χ2n) is 6.51. The molecule has 1 atom stereocenters. The second-order valence-corrected chi connectivity index (χ2v) is 6.51. The molecule has 1 saturated heterocycles. The van der Waals surface area contributed by atoms with Crippen molar-refractivity contribution in [1.82, 2.24) is 4.90 Å². The third-order valence-corrected chi connectivity index (χ3v) is 4.71. The molecule has 0 saturated carbocycles. The number of ether oxygens (including phenoxy) is 2. The highest BCUT2D eigenvalue weighted by molar-refractivity contribution is 5.85. The van der Waals surface area contributed by atoms with Crippen LogP contribution in [0.15, 0.2) is 54.6 Å². The first-order valence-corrected chi connectivity index (χ1v) is 8.91. The minimum Gasteiger partial charge on any atom is -0.494 e. The quantitative estimate of drug-likeness (QED) is 0.697. The minimum atomic E-state index is 0. The monoisotopic (exact) mass is 361 g/mol. The van der Waals surface area contributed by atoms with Crippen molar-refractivity contribution in [2.24, 2.45) is 0 Å². The molecule has 1 aliphatic heterocycles. The molecule has 0 bridgehead atoms. The van der Waals surface area contributed by atoms with Crippen LogP contribution >= 0.6 is 12.4 Å². The van der Waals surface area contributed by atoms with Crippen LogP contribution in [0.3, 0.4) is 0 Å². The zero-order valence-corrected chi connectivity index (χ0v) is 15.7. The Morgan fingerprint density at radius 2 is 1.60 bits per heavy atom. The van der Waals surface area contributed by atoms with Gasteiger partial charge in [0.25, 0.3) is 0 Å². The first kappa shape index (κ1) is 19.6. The van der Waals surface area contributed by atoms with E-state index in [4.69, 9.17) is 9.47 Å². The molecule has 0 spiro atoms. The van der Waals surface area contributed by atoms with E-state index in [1.807, 2.05) is 42.5 Å². The summed E-state index contributed by atoms with van der Waals surface area (Å²) in [6.07, 6.45) is 5.08. The summed E-state index contributed by atoms with van der Waals surface area (Å²) < 4.78 is 11.7. The van der Waals surface area contributed by atoms with E-state index in [2.05, 4.69) is 24.1 Å². The Morgan fingerprint density at radius 3 is 2.28 bits per heavy atom. The summed E-state index contributed by atoms with van der Waals surface area (Å²) in [5.41, 5.74) is 1.18. The van der Waals surface area contributed by atoms with E-state index in [0.717, 1.165) is 24.5 Å². The van der Waals surface area contributed by atoms with Crippen molar-refractivity contribution in [3.05, 3.63) is 60.2 Å². The van der Waals surface area contributed by atoms with Crippen molar-refractivity contribution < 1.29 is 9.47 Å². The summed E-state index contributed by atoms with van der Waals surface area (Å²) in [5, 5.41) is 0. The second kappa shape index (κ2) is 10.3. The molecule has 1 unspecified atom stereocenters. The molecule has 1 heterocycles. The van der Waals surface area contributed by atoms with Gasteiger partial charge < -0.3 is 14.4 Å². The number of benzene rings is 2. The summed E-state index contributed by atoms with van der Waals surface area (Å²) in [4.78, 5) is 2.47. The van der Waals surface area contributed by atoms with Gasteiger partial charge in [0, 0.05) is 6.04 Å². The summed E-state index contributed by atoms with van der Waals surface area (Å²) in [7, 11) is 2.22. The van der Waals surface area contributed by atoms with Gasteiger partial charge in [0.1, 0.15) is 18.1 Å². The Bertz CT molecular complexity index is 603. The van der Waals surface area contributed by atoms with E-state index in [-0.39, 0.29) is 12.4 Å². The number of hydrogen-bond donors (Lipinski definition) is 0. The average molecular weight is 362 g/mol. The van der Waals surface area contributed by atoms with E-state index in [0.29, 0.717) is 12.6 Å². The van der Waals surface area contributed by atoms with Gasteiger partial charge in [0.2, 0.25) is 0 Å². The van der Waals surface area contributed by atoms with Crippen molar-refractivity contribution in [2.75, 3.05) is 20.2 Å². The summed E-state index contributed by atoms with van der Waals surface area (Å²) >= 11 is 0. The van der Waals surface area contributed by atoms with Gasteiger partial charge in [-0.2, -0.15) is 0 Å². The Morgan fingerprint density at radius 1 is 0.920 bits per heavy atom. The van der Waals surface area contributed by atoms with Crippen LogP contribution in [-0.2, 0) is 6.61 Å². The largest absolute Gasteiger partial charge is 0.494 e. The average Bonchev–Trinajstić information content (AvgIpc) is 2.63. The molecule has 136 valence electrons. The molecular weight excluding hydrogens is 334 g/mol. The molecule has 0 radical (unpaired) electrons. The van der Waals surface area contributed by atoms with E-state index < -0.39 is 0 Å². The Hall–Kier alpha value is -1.71. The first-order chi connectivity index (χ1) is 11.8. The lowest BCUT2D eigenvalue weighted by molar-refractivity contribution is 0.153. The molecule has 3 nitrogen and oxygen atoms in total. The number of halogens is 1. The normalized spacial score (nSPS) is 17.6. The topological polar surface area (TPSA) is 21.7 Å². The number of hydrogen-bond acceptors (Lipinski definition) is 3. The van der Waals surface area contributed by atoms with E-state index >= 15 is 0 Å². The molecule has 0 aromatic heterocycles. The highest BCUT2D eigenvalue weighted by Gasteiger charge is 2.18. The van der Waals surface area contributed by atoms with E-state index in [9.17, 15) is 0 Å². The standard InChI is InChI=1S/C21H27NO2.ClH/c1-22-15-6-5-9-19(22)14-16-23-20-10-12-21(13-11-20)24-17-18-7-3-2-4-8-18;/h2-4,7-8,10-13,19H,5-6,9,14-17H2,1H3;1H. The smallest absolute Gasteiger partial charge is 0.120 e. The minimum absolute atomic E-state index is 0. The molecular formula is C21H28ClNO2. The highest BCUT2D eigenvalue weighted by atomic mass is 35.5. The van der Waals surface area contributed by atoms with Crippen LogP contribution in [0.1, 0.15) is 31.2 Å². The third kappa shape index (κ3) is 6.26. The predicted molar refractivity (Wildman–Crippen MR) is 105 cm³/mol. The maximum atomic E-state index is 5.89. The van der Waals surface area contributed by atoms with Crippen LogP contribution in [-0.4, -0.2) is 31.1 Å².